The second-order valence-corrected chi connectivity index (χ2v) is 37.2. The largest absolute Gasteiger partial charge is 0.531 e. The van der Waals surface area contributed by atoms with Crippen molar-refractivity contribution < 1.29 is 110 Å². The zero-order chi connectivity index (χ0) is 83.7. The van der Waals surface area contributed by atoms with E-state index >= 15 is 4.39 Å². The average Bonchev–Trinajstić information content (AvgIpc) is 1.61. The van der Waals surface area contributed by atoms with E-state index in [0.717, 1.165) is 10.1 Å². The Hall–Kier alpha value is -10.7. The molecule has 0 aliphatic carbocycles. The van der Waals surface area contributed by atoms with Gasteiger partial charge in [0, 0.05) is 35.3 Å². The van der Waals surface area contributed by atoms with Crippen molar-refractivity contribution in [2.45, 2.75) is 179 Å². The van der Waals surface area contributed by atoms with Crippen LogP contribution in [0.4, 0.5) is 26.3 Å². The van der Waals surface area contributed by atoms with E-state index in [-0.39, 0.29) is 28.7 Å². The number of aryl methyl sites for hydroxylation is 3. The van der Waals surface area contributed by atoms with Crippen LogP contribution in [0.3, 0.4) is 0 Å². The maximum atomic E-state index is 15.0. The lowest BCUT2D eigenvalue weighted by molar-refractivity contribution is -0.132. The number of carbonyl (C=O) groups is 5. The van der Waals surface area contributed by atoms with Gasteiger partial charge in [-0.05, 0) is 140 Å². The molecule has 8 aromatic rings. The molecule has 610 valence electrons. The lowest BCUT2D eigenvalue weighted by Crippen LogP contribution is -2.44. The number of ether oxygens (including phenoxy) is 8. The third-order valence-electron chi connectivity index (χ3n) is 15.9. The summed E-state index contributed by atoms with van der Waals surface area (Å²) in [6, 6.07) is 40.1. The number of hydrogen-bond donors (Lipinski definition) is 3. The van der Waals surface area contributed by atoms with Gasteiger partial charge in [0.15, 0.2) is 36.8 Å². The summed E-state index contributed by atoms with van der Waals surface area (Å²) in [5, 5.41) is 0. The van der Waals surface area contributed by atoms with Gasteiger partial charge in [-0.25, -0.2) is 51.5 Å². The fraction of sp³-hybridized carbons (Fsp3) is 0.382. The van der Waals surface area contributed by atoms with Gasteiger partial charge in [0.1, 0.15) is 18.3 Å². The number of nitrogens with one attached hydrogen (secondary N) is 3. The summed E-state index contributed by atoms with van der Waals surface area (Å²) in [4.78, 5) is 121. The molecule has 0 spiro atoms. The van der Waals surface area contributed by atoms with Crippen LogP contribution >= 0.6 is 0 Å². The molecule has 0 bridgehead atoms. The number of aromatic amines is 3. The molecule has 6 heterocycles. The van der Waals surface area contributed by atoms with Gasteiger partial charge >= 0.3 is 62.9 Å². The van der Waals surface area contributed by atoms with E-state index in [2.05, 4.69) is 68.4 Å². The highest BCUT2D eigenvalue weighted by atomic mass is 32.2. The summed E-state index contributed by atoms with van der Waals surface area (Å²) in [5.41, 5.74) is -5.16. The van der Waals surface area contributed by atoms with E-state index in [1.54, 1.807) is 137 Å². The summed E-state index contributed by atoms with van der Waals surface area (Å²) in [7, 11) is -8.95. The Balaban J connectivity index is 0.000000228. The number of H-pyrrole nitrogens is 3. The minimum atomic E-state index is -6.14. The van der Waals surface area contributed by atoms with Crippen molar-refractivity contribution in [3.63, 3.8) is 0 Å². The molecule has 3 fully saturated rings. The molecule has 3 aromatic heterocycles. The van der Waals surface area contributed by atoms with Crippen LogP contribution in [0.5, 0.6) is 11.9 Å². The highest BCUT2D eigenvalue weighted by Crippen LogP contribution is 2.38. The zero-order valence-corrected chi connectivity index (χ0v) is 66.5. The van der Waals surface area contributed by atoms with Crippen molar-refractivity contribution in [3.05, 3.63) is 256 Å². The molecule has 5 aromatic carbocycles. The van der Waals surface area contributed by atoms with Gasteiger partial charge in [-0.3, -0.25) is 28.5 Å². The van der Waals surface area contributed by atoms with E-state index < -0.39 is 153 Å². The van der Waals surface area contributed by atoms with Crippen LogP contribution in [-0.2, 0) is 52.2 Å². The average molecular weight is 1640 g/mol. The van der Waals surface area contributed by atoms with Gasteiger partial charge in [-0.15, -0.1) is 0 Å². The monoisotopic (exact) mass is 1640 g/mol. The van der Waals surface area contributed by atoms with Crippen LogP contribution in [0.25, 0.3) is 0 Å². The van der Waals surface area contributed by atoms with Crippen molar-refractivity contribution in [1.82, 2.24) is 29.5 Å². The molecule has 3 aliphatic heterocycles. The maximum absolute atomic E-state index is 15.0. The predicted molar refractivity (Wildman–Crippen MR) is 403 cm³/mol. The van der Waals surface area contributed by atoms with Gasteiger partial charge in [0.05, 0.1) is 35.0 Å². The third kappa shape index (κ3) is 26.7. The number of aromatic nitrogens is 6. The molecule has 3 aliphatic rings. The normalized spacial score (nSPS) is 20.9. The fourth-order valence-corrected chi connectivity index (χ4v) is 12.4. The molecular formula is C76H88F6N6O22SSi2. The van der Waals surface area contributed by atoms with Crippen molar-refractivity contribution in [1.29, 1.82) is 0 Å². The quantitative estimate of drug-likeness (QED) is 0.0159. The molecule has 0 radical (unpaired) electrons. The van der Waals surface area contributed by atoms with Crippen LogP contribution in [0, 0.1) is 20.8 Å². The van der Waals surface area contributed by atoms with Crippen molar-refractivity contribution >= 4 is 56.6 Å². The summed E-state index contributed by atoms with van der Waals surface area (Å²) in [6.45, 7) is 22.9. The van der Waals surface area contributed by atoms with Gasteiger partial charge in [0.25, 0.3) is 11.1 Å². The zero-order valence-electron chi connectivity index (χ0n) is 63.7. The fourth-order valence-electron chi connectivity index (χ4n) is 10.4. The Labute approximate surface area is 647 Å². The summed E-state index contributed by atoms with van der Waals surface area (Å²) < 4.78 is 161. The molecule has 37 heteroatoms. The van der Waals surface area contributed by atoms with Gasteiger partial charge in [0.2, 0.25) is 41.3 Å². The molecule has 12 atom stereocenters. The van der Waals surface area contributed by atoms with E-state index in [9.17, 15) is 73.5 Å². The molecule has 3 N–H and O–H groups in total. The number of esters is 5. The molecule has 113 heavy (non-hydrogen) atoms. The van der Waals surface area contributed by atoms with Crippen LogP contribution in [0.15, 0.2) is 189 Å². The molecule has 0 saturated carbocycles. The van der Waals surface area contributed by atoms with Crippen molar-refractivity contribution in [2.24, 2.45) is 0 Å². The maximum Gasteiger partial charge on any atom is 0.523 e. The Morgan fingerprint density at radius 2 is 0.867 bits per heavy atom. The number of carbonyl (C=O) groups excluding carboxylic acids is 5. The Kier molecular flexibility index (Phi) is 33.7. The SMILES string of the molecule is CC[C@H]1OC(n2cc(C)c(=O)[nH]c2=O)[C@H]([18F])C1OC(=O)c1ccccc1.CC[C@H]1O[C@H](OC(=O)c2ccccc2)[C@@H](OS(=O)(=O)C(F)(F)F)C1OC(=O)c1ccccc1.CC[C@H]1O[C@H](OC(=O)c2ccccc2)[C@H]([18F])C1OC(=O)c1ccccc1.C[18F].Cc1c[nH]c(=O)[nH]c1=O.Cc1cnc(O[Si](C)(C)C)nc1O[Si](C)(C)C. The summed E-state index contributed by atoms with van der Waals surface area (Å²) in [6.07, 6.45) is -11.4. The Bertz CT molecular complexity index is 4800. The second-order valence-electron chi connectivity index (χ2n) is 26.8. The molecule has 0 amide bonds. The standard InChI is InChI=1S/C21H19F3O8S.C20H19FO5.C18H19FN2O5.C11H22N2O2Si2.C5H6N2O2.CH3F/c1-2-15-16(30-18(25)13-9-5-3-6-10-13)17(32-33(27,28)21(22,23)24)20(29-15)31-19(26)14-11-7-4-8-12-14;1-2-15-17(25-18(22)13-9-5-3-6-10-13)16(21)20(24-15)26-19(23)14-11-7-4-8-12-14;1-3-12-14(26-17(23)11-7-5-4-6-8-11)13(19)16(25-12)21-9-10(2)15(22)20-18(21)24;1-9-8-12-11(15-17(5,6)7)13-10(9)14-16(2,3)4;1-3-2-6-5(9)7-4(3)8;1-2/h3-12,15-17,20H,2H2,1H3;3-12,15-17,20H,2H2,1H3;4-9,12-14,16H,3H2,1-2H3,(H,20,22,24);8H,1-7H3;2H,1H3,(H2,6,7,8,9);1H3/t15-,16?,17+,20-;15-,16-,17?,20-;12-,13-,14?,16?;;;/m111.../s1/i;21-1;19-1;;;2-1. The number of alkyl halides is 6. The Morgan fingerprint density at radius 1 is 0.496 bits per heavy atom. The lowest BCUT2D eigenvalue weighted by Gasteiger charge is -2.24. The van der Waals surface area contributed by atoms with Crippen LogP contribution in [0.1, 0.15) is 115 Å². The third-order valence-corrected chi connectivity index (χ3v) is 18.5. The van der Waals surface area contributed by atoms with Gasteiger partial charge in [-0.1, -0.05) is 112 Å². The molecule has 4 unspecified atom stereocenters. The minimum Gasteiger partial charge on any atom is -0.531 e. The molecular weight excluding hydrogens is 1550 g/mol. The minimum absolute atomic E-state index is 0.0382. The topological polar surface area (TPSA) is 367 Å². The van der Waals surface area contributed by atoms with Crippen LogP contribution < -0.4 is 31.4 Å². The van der Waals surface area contributed by atoms with Crippen LogP contribution in [0.2, 0.25) is 39.3 Å². The van der Waals surface area contributed by atoms with Crippen LogP contribution in [-0.4, -0.2) is 165 Å². The smallest absolute Gasteiger partial charge is 0.523 e. The van der Waals surface area contributed by atoms with Crippen molar-refractivity contribution in [3.8, 4) is 11.9 Å². The second kappa shape index (κ2) is 41.7. The predicted octanol–water partition coefficient (Wildman–Crippen LogP) is 11.9. The number of hydrogen-bond acceptors (Lipinski definition) is 24. The number of halogens is 6. The Morgan fingerprint density at radius 3 is 1.27 bits per heavy atom. The lowest BCUT2D eigenvalue weighted by atomic mass is 10.1. The first-order chi connectivity index (χ1) is 53.3. The van der Waals surface area contributed by atoms with E-state index in [0.29, 0.717) is 54.2 Å². The first kappa shape index (κ1) is 91.2. The highest BCUT2D eigenvalue weighted by Gasteiger charge is 2.57. The van der Waals surface area contributed by atoms with Gasteiger partial charge in [-0.2, -0.15) is 26.6 Å². The molecule has 3 saturated heterocycles. The summed E-state index contributed by atoms with van der Waals surface area (Å²) >= 11 is 0. The van der Waals surface area contributed by atoms with E-state index in [1.807, 2.05) is 6.92 Å². The summed E-state index contributed by atoms with van der Waals surface area (Å²) in [5.74, 6) is -3.28. The van der Waals surface area contributed by atoms with Crippen molar-refractivity contribution in [2.75, 3.05) is 7.18 Å². The highest BCUT2D eigenvalue weighted by molar-refractivity contribution is 7.87. The van der Waals surface area contributed by atoms with E-state index in [1.165, 1.54) is 67.8 Å². The van der Waals surface area contributed by atoms with E-state index in [4.69, 9.17) is 46.7 Å². The number of rotatable bonds is 20. The molecule has 11 rings (SSSR count). The first-order valence-electron chi connectivity index (χ1n) is 35.1. The van der Waals surface area contributed by atoms with Gasteiger partial charge < -0.3 is 51.7 Å². The first-order valence-corrected chi connectivity index (χ1v) is 43.3. The number of benzene rings is 5. The number of nitrogens with zero attached hydrogens (tertiary/aromatic N) is 3. The molecule has 28 nitrogen and oxygen atoms in total.